The Kier molecular flexibility index (Phi) is 5.04. The van der Waals surface area contributed by atoms with E-state index in [1.807, 2.05) is 13.8 Å². The molecule has 6 heteroatoms. The van der Waals surface area contributed by atoms with Crippen molar-refractivity contribution in [3.05, 3.63) is 0 Å². The minimum Gasteiger partial charge on any atom is -0.198 e. The Labute approximate surface area is 104 Å². The van der Waals surface area contributed by atoms with Crippen LogP contribution in [-0.2, 0) is 10.2 Å². The second-order valence-electron chi connectivity index (χ2n) is 4.64. The Balaban J connectivity index is 2.64. The van der Waals surface area contributed by atoms with Crippen LogP contribution < -0.4 is 4.72 Å². The summed E-state index contributed by atoms with van der Waals surface area (Å²) in [4.78, 5) is 0. The van der Waals surface area contributed by atoms with E-state index in [2.05, 4.69) is 4.72 Å². The van der Waals surface area contributed by atoms with Gasteiger partial charge >= 0.3 is 0 Å². The number of hydrogen-bond donors (Lipinski definition) is 1. The van der Waals surface area contributed by atoms with E-state index in [4.69, 9.17) is 11.6 Å². The molecule has 1 aliphatic rings. The van der Waals surface area contributed by atoms with E-state index in [-0.39, 0.29) is 17.5 Å². The van der Waals surface area contributed by atoms with Gasteiger partial charge < -0.3 is 0 Å². The third kappa shape index (κ3) is 3.58. The fourth-order valence-corrected chi connectivity index (χ4v) is 3.57. The summed E-state index contributed by atoms with van der Waals surface area (Å²) in [5.41, 5.74) is 0. The lowest BCUT2D eigenvalue weighted by atomic mass is 9.96. The lowest BCUT2D eigenvalue weighted by Gasteiger charge is -2.30. The zero-order valence-corrected chi connectivity index (χ0v) is 11.7. The van der Waals surface area contributed by atoms with Crippen LogP contribution in [0.2, 0.25) is 0 Å². The van der Waals surface area contributed by atoms with Crippen LogP contribution in [0.25, 0.3) is 0 Å². The molecule has 0 aromatic heterocycles. The quantitative estimate of drug-likeness (QED) is 0.789. The molecular formula is C10H21ClN2O2S. The third-order valence-corrected chi connectivity index (χ3v) is 5.39. The highest BCUT2D eigenvalue weighted by molar-refractivity contribution is 7.87. The molecule has 0 bridgehead atoms. The molecule has 1 N–H and O–H groups in total. The molecule has 1 aliphatic carbocycles. The van der Waals surface area contributed by atoms with Gasteiger partial charge in [0.15, 0.2) is 0 Å². The molecule has 2 atom stereocenters. The Morgan fingerprint density at radius 1 is 1.31 bits per heavy atom. The van der Waals surface area contributed by atoms with Gasteiger partial charge in [-0.2, -0.15) is 17.4 Å². The van der Waals surface area contributed by atoms with Gasteiger partial charge in [-0.1, -0.05) is 12.8 Å². The van der Waals surface area contributed by atoms with Crippen molar-refractivity contribution in [2.45, 2.75) is 57.0 Å². The van der Waals surface area contributed by atoms with Gasteiger partial charge in [-0.15, -0.1) is 11.6 Å². The molecular weight excluding hydrogens is 248 g/mol. The van der Waals surface area contributed by atoms with Gasteiger partial charge in [-0.05, 0) is 26.7 Å². The summed E-state index contributed by atoms with van der Waals surface area (Å²) >= 11 is 6.13. The van der Waals surface area contributed by atoms with Gasteiger partial charge in [-0.3, -0.25) is 0 Å². The molecule has 1 saturated carbocycles. The standard InChI is InChI=1S/C10H21ClN2O2S/c1-8(2)13(3)16(14,15)12-10-7-5-4-6-9(10)11/h8-10,12H,4-7H2,1-3H3. The lowest BCUT2D eigenvalue weighted by Crippen LogP contribution is -2.49. The van der Waals surface area contributed by atoms with Gasteiger partial charge in [0.1, 0.15) is 0 Å². The average molecular weight is 269 g/mol. The Morgan fingerprint density at radius 3 is 2.38 bits per heavy atom. The predicted octanol–water partition coefficient (Wildman–Crippen LogP) is 1.71. The highest BCUT2D eigenvalue weighted by Crippen LogP contribution is 2.23. The maximum Gasteiger partial charge on any atom is 0.279 e. The number of nitrogens with one attached hydrogen (secondary N) is 1. The first-order valence-electron chi connectivity index (χ1n) is 5.74. The Morgan fingerprint density at radius 2 is 1.88 bits per heavy atom. The van der Waals surface area contributed by atoms with E-state index in [1.165, 1.54) is 4.31 Å². The molecule has 0 aliphatic heterocycles. The van der Waals surface area contributed by atoms with Gasteiger partial charge in [-0.25, -0.2) is 0 Å². The van der Waals surface area contributed by atoms with Crippen LogP contribution in [0.4, 0.5) is 0 Å². The van der Waals surface area contributed by atoms with E-state index in [0.29, 0.717) is 0 Å². The summed E-state index contributed by atoms with van der Waals surface area (Å²) < 4.78 is 27.9. The molecule has 1 fully saturated rings. The first-order chi connectivity index (χ1) is 7.34. The molecule has 4 nitrogen and oxygen atoms in total. The predicted molar refractivity (Wildman–Crippen MR) is 66.9 cm³/mol. The first kappa shape index (κ1) is 14.2. The van der Waals surface area contributed by atoms with Gasteiger partial charge in [0.05, 0.1) is 0 Å². The fraction of sp³-hybridized carbons (Fsp3) is 1.00. The Hall–Kier alpha value is 0.160. The average Bonchev–Trinajstić information content (AvgIpc) is 2.20. The van der Waals surface area contributed by atoms with Crippen molar-refractivity contribution in [2.24, 2.45) is 0 Å². The fourth-order valence-electron chi connectivity index (χ4n) is 1.77. The van der Waals surface area contributed by atoms with Crippen LogP contribution in [-0.4, -0.2) is 37.2 Å². The molecule has 0 aromatic rings. The number of halogens is 1. The van der Waals surface area contributed by atoms with Crippen molar-refractivity contribution in [3.8, 4) is 0 Å². The second kappa shape index (κ2) is 5.67. The molecule has 1 rings (SSSR count). The van der Waals surface area contributed by atoms with Crippen LogP contribution in [0.5, 0.6) is 0 Å². The maximum atomic E-state index is 11.9. The van der Waals surface area contributed by atoms with Crippen molar-refractivity contribution in [3.63, 3.8) is 0 Å². The summed E-state index contributed by atoms with van der Waals surface area (Å²) in [6.45, 7) is 3.69. The van der Waals surface area contributed by atoms with Crippen molar-refractivity contribution < 1.29 is 8.42 Å². The van der Waals surface area contributed by atoms with Gasteiger partial charge in [0.25, 0.3) is 10.2 Å². The number of hydrogen-bond acceptors (Lipinski definition) is 2. The lowest BCUT2D eigenvalue weighted by molar-refractivity contribution is 0.373. The summed E-state index contributed by atoms with van der Waals surface area (Å²) in [6, 6.07) is -0.170. The summed E-state index contributed by atoms with van der Waals surface area (Å²) in [5, 5.41) is -0.0795. The number of alkyl halides is 1. The maximum absolute atomic E-state index is 11.9. The largest absolute Gasteiger partial charge is 0.279 e. The molecule has 0 aromatic carbocycles. The van der Waals surface area contributed by atoms with E-state index < -0.39 is 10.2 Å². The molecule has 0 heterocycles. The van der Waals surface area contributed by atoms with Crippen molar-refractivity contribution >= 4 is 21.8 Å². The zero-order chi connectivity index (χ0) is 12.3. The summed E-state index contributed by atoms with van der Waals surface area (Å²) in [5.74, 6) is 0. The molecule has 2 unspecified atom stereocenters. The highest BCUT2D eigenvalue weighted by atomic mass is 35.5. The summed E-state index contributed by atoms with van der Waals surface area (Å²) in [6.07, 6.45) is 3.85. The molecule has 16 heavy (non-hydrogen) atoms. The van der Waals surface area contributed by atoms with E-state index >= 15 is 0 Å². The molecule has 0 spiro atoms. The smallest absolute Gasteiger partial charge is 0.198 e. The molecule has 0 amide bonds. The normalized spacial score (nSPS) is 27.6. The van der Waals surface area contributed by atoms with Crippen LogP contribution in [0.1, 0.15) is 39.5 Å². The van der Waals surface area contributed by atoms with E-state index in [9.17, 15) is 8.42 Å². The van der Waals surface area contributed by atoms with Gasteiger partial charge in [0.2, 0.25) is 0 Å². The molecule has 96 valence electrons. The third-order valence-electron chi connectivity index (χ3n) is 3.09. The van der Waals surface area contributed by atoms with Crippen LogP contribution in [0.15, 0.2) is 0 Å². The van der Waals surface area contributed by atoms with Gasteiger partial charge in [0, 0.05) is 24.5 Å². The van der Waals surface area contributed by atoms with Crippen LogP contribution in [0.3, 0.4) is 0 Å². The zero-order valence-electron chi connectivity index (χ0n) is 10.1. The van der Waals surface area contributed by atoms with Crippen LogP contribution >= 0.6 is 11.6 Å². The second-order valence-corrected chi connectivity index (χ2v) is 6.96. The monoisotopic (exact) mass is 268 g/mol. The number of rotatable bonds is 4. The van der Waals surface area contributed by atoms with Crippen molar-refractivity contribution in [1.82, 2.24) is 9.03 Å². The first-order valence-corrected chi connectivity index (χ1v) is 7.61. The molecule has 0 radical (unpaired) electrons. The van der Waals surface area contributed by atoms with E-state index in [1.54, 1.807) is 7.05 Å². The van der Waals surface area contributed by atoms with Crippen molar-refractivity contribution in [2.75, 3.05) is 7.05 Å². The molecule has 0 saturated heterocycles. The van der Waals surface area contributed by atoms with Crippen LogP contribution in [0, 0.1) is 0 Å². The topological polar surface area (TPSA) is 49.4 Å². The highest BCUT2D eigenvalue weighted by Gasteiger charge is 2.29. The van der Waals surface area contributed by atoms with E-state index in [0.717, 1.165) is 25.7 Å². The number of nitrogens with zero attached hydrogens (tertiary/aromatic N) is 1. The summed E-state index contributed by atoms with van der Waals surface area (Å²) in [7, 11) is -1.81. The SMILES string of the molecule is CC(C)N(C)S(=O)(=O)NC1CCCCC1Cl. The Bertz CT molecular complexity index is 319. The van der Waals surface area contributed by atoms with Crippen molar-refractivity contribution in [1.29, 1.82) is 0 Å². The minimum absolute atomic E-state index is 0.0464. The minimum atomic E-state index is -3.39.